The minimum Gasteiger partial charge on any atom is -0.494 e. The molecule has 38 valence electrons. The summed E-state index contributed by atoms with van der Waals surface area (Å²) in [6.45, 7) is 0. The zero-order chi connectivity index (χ0) is 5.11. The van der Waals surface area contributed by atoms with E-state index < -0.39 is 0 Å². The molecule has 1 aliphatic rings. The standard InChI is InChI=1S/C4H6N2O/c7-4-2-1-3-5-6-4/h1-3,5-7H. The average Bonchev–Trinajstić information content (AvgIpc) is 1.69. The van der Waals surface area contributed by atoms with E-state index in [4.69, 9.17) is 5.11 Å². The van der Waals surface area contributed by atoms with E-state index in [0.717, 1.165) is 0 Å². The molecule has 3 heteroatoms. The summed E-state index contributed by atoms with van der Waals surface area (Å²) >= 11 is 0. The van der Waals surface area contributed by atoms with Crippen LogP contribution in [-0.4, -0.2) is 5.11 Å². The van der Waals surface area contributed by atoms with Gasteiger partial charge in [0.2, 0.25) is 5.88 Å². The summed E-state index contributed by atoms with van der Waals surface area (Å²) in [5.41, 5.74) is 5.05. The van der Waals surface area contributed by atoms with Crippen molar-refractivity contribution < 1.29 is 5.11 Å². The Morgan fingerprint density at radius 2 is 2.43 bits per heavy atom. The van der Waals surface area contributed by atoms with E-state index in [1.54, 1.807) is 18.4 Å². The summed E-state index contributed by atoms with van der Waals surface area (Å²) in [5, 5.41) is 8.55. The molecule has 0 amide bonds. The van der Waals surface area contributed by atoms with Crippen molar-refractivity contribution in [2.24, 2.45) is 0 Å². The molecule has 0 bridgehead atoms. The van der Waals surface area contributed by atoms with Crippen molar-refractivity contribution in [1.29, 1.82) is 0 Å². The Kier molecular flexibility index (Phi) is 0.898. The molecule has 0 aromatic rings. The Labute approximate surface area is 41.3 Å². The summed E-state index contributed by atoms with van der Waals surface area (Å²) in [4.78, 5) is 0. The lowest BCUT2D eigenvalue weighted by molar-refractivity contribution is 0.348. The number of nitrogens with one attached hydrogen (secondary N) is 2. The zero-order valence-electron chi connectivity index (χ0n) is 3.68. The van der Waals surface area contributed by atoms with E-state index in [-0.39, 0.29) is 5.88 Å². The first-order valence-corrected chi connectivity index (χ1v) is 1.97. The maximum absolute atomic E-state index is 8.55. The van der Waals surface area contributed by atoms with E-state index in [1.165, 1.54) is 0 Å². The van der Waals surface area contributed by atoms with E-state index in [0.29, 0.717) is 0 Å². The summed E-state index contributed by atoms with van der Waals surface area (Å²) < 4.78 is 0. The van der Waals surface area contributed by atoms with Crippen molar-refractivity contribution in [3.63, 3.8) is 0 Å². The molecule has 0 radical (unpaired) electrons. The molecule has 0 saturated carbocycles. The molecule has 3 N–H and O–H groups in total. The molecule has 0 aromatic heterocycles. The fourth-order valence-electron chi connectivity index (χ4n) is 0.345. The van der Waals surface area contributed by atoms with Gasteiger partial charge in [-0.05, 0) is 6.08 Å². The van der Waals surface area contributed by atoms with Gasteiger partial charge in [-0.25, -0.2) is 0 Å². The predicted molar refractivity (Wildman–Crippen MR) is 26.1 cm³/mol. The van der Waals surface area contributed by atoms with Crippen molar-refractivity contribution in [1.82, 2.24) is 10.9 Å². The predicted octanol–water partition coefficient (Wildman–Crippen LogP) is 0.00730. The van der Waals surface area contributed by atoms with Gasteiger partial charge in [0.25, 0.3) is 0 Å². The van der Waals surface area contributed by atoms with Gasteiger partial charge in [0.05, 0.1) is 0 Å². The van der Waals surface area contributed by atoms with Crippen LogP contribution in [0.2, 0.25) is 0 Å². The number of rotatable bonds is 0. The summed E-state index contributed by atoms with van der Waals surface area (Å²) in [5.74, 6) is 0.141. The molecule has 0 atom stereocenters. The molecule has 0 aliphatic carbocycles. The lowest BCUT2D eigenvalue weighted by Crippen LogP contribution is -2.27. The minimum absolute atomic E-state index is 0.141. The normalized spacial score (nSPS) is 16.9. The zero-order valence-corrected chi connectivity index (χ0v) is 3.68. The van der Waals surface area contributed by atoms with E-state index in [9.17, 15) is 0 Å². The van der Waals surface area contributed by atoms with Crippen LogP contribution in [0.25, 0.3) is 0 Å². The van der Waals surface area contributed by atoms with Crippen molar-refractivity contribution in [3.05, 3.63) is 24.2 Å². The highest BCUT2D eigenvalue weighted by Gasteiger charge is 1.86. The van der Waals surface area contributed by atoms with Crippen molar-refractivity contribution in [2.75, 3.05) is 0 Å². The highest BCUT2D eigenvalue weighted by molar-refractivity contribution is 5.07. The van der Waals surface area contributed by atoms with Gasteiger partial charge >= 0.3 is 0 Å². The van der Waals surface area contributed by atoms with E-state index in [2.05, 4.69) is 10.9 Å². The van der Waals surface area contributed by atoms with Crippen molar-refractivity contribution in [2.45, 2.75) is 0 Å². The largest absolute Gasteiger partial charge is 0.494 e. The van der Waals surface area contributed by atoms with Crippen LogP contribution in [0.5, 0.6) is 0 Å². The van der Waals surface area contributed by atoms with Crippen LogP contribution in [0.4, 0.5) is 0 Å². The Morgan fingerprint density at radius 1 is 1.57 bits per heavy atom. The number of hydrogen-bond acceptors (Lipinski definition) is 3. The Hall–Kier alpha value is -1.12. The van der Waals surface area contributed by atoms with Crippen molar-refractivity contribution >= 4 is 0 Å². The molecule has 0 saturated heterocycles. The van der Waals surface area contributed by atoms with Gasteiger partial charge in [0.15, 0.2) is 0 Å². The Bertz CT molecular complexity index is 117. The molecule has 0 spiro atoms. The summed E-state index contributed by atoms with van der Waals surface area (Å²) in [6, 6.07) is 0. The van der Waals surface area contributed by atoms with Crippen LogP contribution < -0.4 is 10.9 Å². The molecule has 3 nitrogen and oxygen atoms in total. The third-order valence-corrected chi connectivity index (χ3v) is 0.634. The smallest absolute Gasteiger partial charge is 0.203 e. The maximum Gasteiger partial charge on any atom is 0.203 e. The highest BCUT2D eigenvalue weighted by atomic mass is 16.3. The molecule has 1 aliphatic heterocycles. The molecule has 0 fully saturated rings. The van der Waals surface area contributed by atoms with Gasteiger partial charge in [-0.3, -0.25) is 5.43 Å². The van der Waals surface area contributed by atoms with E-state index >= 15 is 0 Å². The van der Waals surface area contributed by atoms with Crippen LogP contribution in [0.15, 0.2) is 24.2 Å². The molecule has 1 rings (SSSR count). The molecule has 0 unspecified atom stereocenters. The SMILES string of the molecule is OC1=CC=CNN1. The van der Waals surface area contributed by atoms with Gasteiger partial charge in [-0.15, -0.1) is 0 Å². The summed E-state index contributed by atoms with van der Waals surface area (Å²) in [6.07, 6.45) is 4.93. The average molecular weight is 98.1 g/mol. The van der Waals surface area contributed by atoms with Crippen LogP contribution in [-0.2, 0) is 0 Å². The first-order valence-electron chi connectivity index (χ1n) is 1.97. The van der Waals surface area contributed by atoms with Gasteiger partial charge in [0.1, 0.15) is 0 Å². The molecular formula is C4H6N2O. The number of hydrazine groups is 1. The number of aliphatic hydroxyl groups is 1. The lowest BCUT2D eigenvalue weighted by Gasteiger charge is -2.05. The molecule has 0 aromatic carbocycles. The third kappa shape index (κ3) is 0.855. The Morgan fingerprint density at radius 3 is 2.71 bits per heavy atom. The van der Waals surface area contributed by atoms with Gasteiger partial charge in [-0.1, -0.05) is 0 Å². The monoisotopic (exact) mass is 98.0 g/mol. The second kappa shape index (κ2) is 1.55. The molecular weight excluding hydrogens is 92.1 g/mol. The summed E-state index contributed by atoms with van der Waals surface area (Å²) in [7, 11) is 0. The topological polar surface area (TPSA) is 44.3 Å². The molecule has 1 heterocycles. The van der Waals surface area contributed by atoms with Gasteiger partial charge in [-0.2, -0.15) is 0 Å². The van der Waals surface area contributed by atoms with E-state index in [1.807, 2.05) is 0 Å². The Balaban J connectivity index is 2.57. The van der Waals surface area contributed by atoms with Crippen molar-refractivity contribution in [3.8, 4) is 0 Å². The third-order valence-electron chi connectivity index (χ3n) is 0.634. The minimum atomic E-state index is 0.141. The van der Waals surface area contributed by atoms with Gasteiger partial charge < -0.3 is 10.5 Å². The first-order chi connectivity index (χ1) is 3.39. The fraction of sp³-hybridized carbons (Fsp3) is 0. The van der Waals surface area contributed by atoms with Gasteiger partial charge in [0, 0.05) is 12.3 Å². The lowest BCUT2D eigenvalue weighted by atomic mass is 10.5. The number of aliphatic hydroxyl groups excluding tert-OH is 1. The first kappa shape index (κ1) is 4.05. The van der Waals surface area contributed by atoms with Crippen LogP contribution in [0.3, 0.4) is 0 Å². The second-order valence-electron chi connectivity index (χ2n) is 1.18. The van der Waals surface area contributed by atoms with Crippen LogP contribution in [0, 0.1) is 0 Å². The second-order valence-corrected chi connectivity index (χ2v) is 1.18. The number of allylic oxidation sites excluding steroid dienone is 2. The molecule has 7 heavy (non-hydrogen) atoms. The van der Waals surface area contributed by atoms with Crippen LogP contribution >= 0.6 is 0 Å². The maximum atomic E-state index is 8.55. The quantitative estimate of drug-likeness (QED) is 0.400. The fourth-order valence-corrected chi connectivity index (χ4v) is 0.345. The van der Waals surface area contributed by atoms with Crippen LogP contribution in [0.1, 0.15) is 0 Å². The highest BCUT2D eigenvalue weighted by Crippen LogP contribution is 1.84. The number of hydrogen-bond donors (Lipinski definition) is 3.